The highest BCUT2D eigenvalue weighted by atomic mass is 35.5. The van der Waals surface area contributed by atoms with Gasteiger partial charge in [0.2, 0.25) is 5.60 Å². The maximum atomic E-state index is 13.5. The molecule has 5 nitrogen and oxygen atoms in total. The van der Waals surface area contributed by atoms with Crippen LogP contribution in [-0.2, 0) is 29.0 Å². The topological polar surface area (TPSA) is 78.4 Å². The van der Waals surface area contributed by atoms with Gasteiger partial charge < -0.3 is 15.7 Å². The number of nitrogens with one attached hydrogen (secondary N) is 2. The lowest BCUT2D eigenvalue weighted by atomic mass is 9.90. The van der Waals surface area contributed by atoms with E-state index in [0.717, 1.165) is 43.1 Å². The molecule has 1 aliphatic heterocycles. The molecule has 1 amide bonds. The number of carbonyl (C=O) groups is 2. The summed E-state index contributed by atoms with van der Waals surface area (Å²) >= 11 is 5.82. The van der Waals surface area contributed by atoms with E-state index in [2.05, 4.69) is 29.3 Å². The molecular formula is C25H28ClFN2O3. The molecule has 0 spiro atoms. The maximum Gasteiger partial charge on any atom is 0.259 e. The van der Waals surface area contributed by atoms with Crippen LogP contribution in [0.4, 0.5) is 10.1 Å². The number of aliphatic hydroxyl groups is 1. The molecule has 0 radical (unpaired) electrons. The van der Waals surface area contributed by atoms with Gasteiger partial charge in [0.25, 0.3) is 5.91 Å². The van der Waals surface area contributed by atoms with Crippen LogP contribution in [0.15, 0.2) is 48.7 Å². The van der Waals surface area contributed by atoms with Crippen LogP contribution in [0, 0.1) is 5.82 Å². The predicted molar refractivity (Wildman–Crippen MR) is 124 cm³/mol. The lowest BCUT2D eigenvalue weighted by Crippen LogP contribution is -2.51. The number of benzene rings is 2. The standard InChI is InChI=1S/C25H28ClFN2O3/c1-16-6-8-20-11-18(7-9-23(20)29-16)5-3-4-10-25(32,17(2)30)24(31)28-15-19-12-21(26)14-22(27)13-19/h7,9,11-14,29,32H,1,3-6,8,10,15H2,2H3,(H,28,31). The highest BCUT2D eigenvalue weighted by Gasteiger charge is 2.40. The summed E-state index contributed by atoms with van der Waals surface area (Å²) in [5.41, 5.74) is 2.88. The van der Waals surface area contributed by atoms with E-state index in [9.17, 15) is 19.1 Å². The molecule has 0 saturated carbocycles. The molecule has 0 bridgehead atoms. The van der Waals surface area contributed by atoms with Crippen LogP contribution in [0.1, 0.15) is 49.3 Å². The van der Waals surface area contributed by atoms with Crippen molar-refractivity contribution in [2.45, 2.75) is 57.6 Å². The van der Waals surface area contributed by atoms with Gasteiger partial charge in [0.1, 0.15) is 5.82 Å². The van der Waals surface area contributed by atoms with E-state index in [1.807, 2.05) is 6.07 Å². The molecule has 0 aliphatic carbocycles. The van der Waals surface area contributed by atoms with Crippen molar-refractivity contribution >= 4 is 29.0 Å². The summed E-state index contributed by atoms with van der Waals surface area (Å²) < 4.78 is 13.5. The quantitative estimate of drug-likeness (QED) is 0.376. The van der Waals surface area contributed by atoms with Crippen molar-refractivity contribution in [2.75, 3.05) is 5.32 Å². The normalized spacial score (nSPS) is 14.8. The summed E-state index contributed by atoms with van der Waals surface area (Å²) in [6.45, 7) is 5.13. The van der Waals surface area contributed by atoms with Crippen LogP contribution in [0.3, 0.4) is 0 Å². The number of amides is 1. The zero-order valence-corrected chi connectivity index (χ0v) is 18.9. The van der Waals surface area contributed by atoms with Gasteiger partial charge in [0.05, 0.1) is 0 Å². The minimum atomic E-state index is -2.11. The Bertz CT molecular complexity index is 1020. The van der Waals surface area contributed by atoms with Gasteiger partial charge in [-0.2, -0.15) is 0 Å². The molecule has 7 heteroatoms. The molecule has 0 saturated heterocycles. The third kappa shape index (κ3) is 5.96. The zero-order chi connectivity index (χ0) is 23.3. The largest absolute Gasteiger partial charge is 0.373 e. The van der Waals surface area contributed by atoms with E-state index < -0.39 is 23.1 Å². The van der Waals surface area contributed by atoms with Gasteiger partial charge in [-0.05, 0) is 86.4 Å². The smallest absolute Gasteiger partial charge is 0.259 e. The average Bonchev–Trinajstić information content (AvgIpc) is 2.74. The molecule has 1 unspecified atom stereocenters. The molecular weight excluding hydrogens is 431 g/mol. The van der Waals surface area contributed by atoms with E-state index >= 15 is 0 Å². The number of anilines is 1. The summed E-state index contributed by atoms with van der Waals surface area (Å²) in [5, 5.41) is 16.8. The number of halogens is 2. The van der Waals surface area contributed by atoms with Crippen molar-refractivity contribution in [2.24, 2.45) is 0 Å². The fourth-order valence-electron chi connectivity index (χ4n) is 3.87. The lowest BCUT2D eigenvalue weighted by molar-refractivity contribution is -0.152. The number of Topliss-reactive ketones (excluding diaryl/α,β-unsaturated/α-hetero) is 1. The second kappa shape index (κ2) is 10.3. The minimum Gasteiger partial charge on any atom is -0.373 e. The number of hydrogen-bond acceptors (Lipinski definition) is 4. The number of aryl methyl sites for hydroxylation is 2. The molecule has 2 aromatic rings. The van der Waals surface area contributed by atoms with E-state index in [0.29, 0.717) is 12.0 Å². The Morgan fingerprint density at radius 1 is 1.19 bits per heavy atom. The van der Waals surface area contributed by atoms with Crippen molar-refractivity contribution in [3.63, 3.8) is 0 Å². The second-order valence-electron chi connectivity index (χ2n) is 8.30. The molecule has 2 aromatic carbocycles. The van der Waals surface area contributed by atoms with Crippen LogP contribution in [0.5, 0.6) is 0 Å². The zero-order valence-electron chi connectivity index (χ0n) is 18.1. The van der Waals surface area contributed by atoms with Gasteiger partial charge in [0.15, 0.2) is 5.78 Å². The van der Waals surface area contributed by atoms with E-state index in [1.54, 1.807) is 0 Å². The minimum absolute atomic E-state index is 0.0182. The van der Waals surface area contributed by atoms with Gasteiger partial charge >= 0.3 is 0 Å². The first-order valence-corrected chi connectivity index (χ1v) is 11.1. The summed E-state index contributed by atoms with van der Waals surface area (Å²) in [6.07, 6.45) is 3.90. The first kappa shape index (κ1) is 24.0. The first-order chi connectivity index (χ1) is 15.2. The van der Waals surface area contributed by atoms with Gasteiger partial charge in [0, 0.05) is 23.0 Å². The third-order valence-electron chi connectivity index (χ3n) is 5.76. The van der Waals surface area contributed by atoms with E-state index in [-0.39, 0.29) is 18.0 Å². The molecule has 170 valence electrons. The monoisotopic (exact) mass is 458 g/mol. The van der Waals surface area contributed by atoms with Crippen LogP contribution >= 0.6 is 11.6 Å². The van der Waals surface area contributed by atoms with Crippen LogP contribution in [0.25, 0.3) is 0 Å². The Morgan fingerprint density at radius 2 is 1.97 bits per heavy atom. The molecule has 3 N–H and O–H groups in total. The molecule has 1 heterocycles. The maximum absolute atomic E-state index is 13.5. The highest BCUT2D eigenvalue weighted by Crippen LogP contribution is 2.27. The van der Waals surface area contributed by atoms with Crippen molar-refractivity contribution in [1.29, 1.82) is 0 Å². The first-order valence-electron chi connectivity index (χ1n) is 10.7. The summed E-state index contributed by atoms with van der Waals surface area (Å²) in [5.74, 6) is -1.93. The lowest BCUT2D eigenvalue weighted by Gasteiger charge is -2.24. The molecule has 3 rings (SSSR count). The Labute approximate surface area is 192 Å². The second-order valence-corrected chi connectivity index (χ2v) is 8.74. The molecule has 1 atom stereocenters. The van der Waals surface area contributed by atoms with Gasteiger partial charge in [-0.25, -0.2) is 4.39 Å². The number of hydrogen-bond donors (Lipinski definition) is 3. The Balaban J connectivity index is 1.53. The summed E-state index contributed by atoms with van der Waals surface area (Å²) in [7, 11) is 0. The average molecular weight is 459 g/mol. The molecule has 0 fully saturated rings. The van der Waals surface area contributed by atoms with Gasteiger partial charge in [-0.3, -0.25) is 9.59 Å². The summed E-state index contributed by atoms with van der Waals surface area (Å²) in [4.78, 5) is 24.6. The van der Waals surface area contributed by atoms with Crippen LogP contribution < -0.4 is 10.6 Å². The van der Waals surface area contributed by atoms with Crippen molar-refractivity contribution in [1.82, 2.24) is 5.32 Å². The Hall–Kier alpha value is -2.70. The fourth-order valence-corrected chi connectivity index (χ4v) is 4.12. The van der Waals surface area contributed by atoms with Gasteiger partial charge in [-0.15, -0.1) is 0 Å². The van der Waals surface area contributed by atoms with E-state index in [4.69, 9.17) is 11.6 Å². The molecule has 0 aromatic heterocycles. The van der Waals surface area contributed by atoms with Crippen LogP contribution in [0.2, 0.25) is 5.02 Å². The highest BCUT2D eigenvalue weighted by molar-refractivity contribution is 6.30. The SMILES string of the molecule is C=C1CCc2cc(CCCCC(O)(C(C)=O)C(=O)NCc3cc(F)cc(Cl)c3)ccc2N1. The van der Waals surface area contributed by atoms with Crippen molar-refractivity contribution in [3.8, 4) is 0 Å². The number of allylic oxidation sites excluding steroid dienone is 1. The Morgan fingerprint density at radius 3 is 2.69 bits per heavy atom. The van der Waals surface area contributed by atoms with E-state index in [1.165, 1.54) is 30.2 Å². The number of unbranched alkanes of at least 4 members (excludes halogenated alkanes) is 1. The number of fused-ring (bicyclic) bond motifs is 1. The van der Waals surface area contributed by atoms with Crippen LogP contribution in [-0.4, -0.2) is 22.4 Å². The van der Waals surface area contributed by atoms with Crippen molar-refractivity contribution < 1.29 is 19.1 Å². The number of ketones is 1. The summed E-state index contributed by atoms with van der Waals surface area (Å²) in [6, 6.07) is 10.2. The van der Waals surface area contributed by atoms with Crippen molar-refractivity contribution in [3.05, 3.63) is 76.2 Å². The fraction of sp³-hybridized carbons (Fsp3) is 0.360. The Kier molecular flexibility index (Phi) is 7.69. The van der Waals surface area contributed by atoms with Gasteiger partial charge in [-0.1, -0.05) is 30.3 Å². The molecule has 1 aliphatic rings. The third-order valence-corrected chi connectivity index (χ3v) is 5.98. The predicted octanol–water partition coefficient (Wildman–Crippen LogP) is 4.70. The number of rotatable bonds is 9. The number of carbonyl (C=O) groups excluding carboxylic acids is 2. The molecule has 32 heavy (non-hydrogen) atoms.